The first-order valence-electron chi connectivity index (χ1n) is 6.53. The van der Waals surface area contributed by atoms with E-state index in [9.17, 15) is 4.79 Å². The third-order valence-corrected chi connectivity index (χ3v) is 2.79. The summed E-state index contributed by atoms with van der Waals surface area (Å²) in [4.78, 5) is 11.8. The zero-order valence-electron chi connectivity index (χ0n) is 12.4. The van der Waals surface area contributed by atoms with Crippen LogP contribution in [0.1, 0.15) is 0 Å². The van der Waals surface area contributed by atoms with Crippen molar-refractivity contribution in [2.75, 3.05) is 32.1 Å². The minimum absolute atomic E-state index is 0. The first-order chi connectivity index (χ1) is 10.2. The van der Waals surface area contributed by atoms with Gasteiger partial charge in [0, 0.05) is 32.0 Å². The Morgan fingerprint density at radius 3 is 2.91 bits per heavy atom. The molecule has 1 heterocycles. The molecule has 9 heteroatoms. The smallest absolute Gasteiger partial charge is 0.238 e. The first-order valence-corrected chi connectivity index (χ1v) is 6.53. The SMILES string of the molecule is COCCNCC(=O)Nc1cccc(-c2nnnn2C)c1.Cl. The summed E-state index contributed by atoms with van der Waals surface area (Å²) in [6.45, 7) is 1.44. The van der Waals surface area contributed by atoms with E-state index in [1.807, 2.05) is 24.3 Å². The summed E-state index contributed by atoms with van der Waals surface area (Å²) in [5.41, 5.74) is 1.54. The molecular weight excluding hydrogens is 308 g/mol. The van der Waals surface area contributed by atoms with Crippen LogP contribution in [0.25, 0.3) is 11.4 Å². The molecule has 0 bridgehead atoms. The van der Waals surface area contributed by atoms with Gasteiger partial charge >= 0.3 is 0 Å². The molecule has 0 saturated heterocycles. The van der Waals surface area contributed by atoms with Crippen molar-refractivity contribution in [3.05, 3.63) is 24.3 Å². The highest BCUT2D eigenvalue weighted by Crippen LogP contribution is 2.19. The third-order valence-electron chi connectivity index (χ3n) is 2.79. The molecule has 0 saturated carbocycles. The number of anilines is 1. The number of carbonyl (C=O) groups excluding carboxylic acids is 1. The predicted octanol–water partition coefficient (Wildman–Crippen LogP) is 0.473. The number of ether oxygens (including phenoxy) is 1. The molecule has 0 spiro atoms. The summed E-state index contributed by atoms with van der Waals surface area (Å²) >= 11 is 0. The van der Waals surface area contributed by atoms with Crippen molar-refractivity contribution >= 4 is 24.0 Å². The number of rotatable bonds is 7. The molecule has 0 fully saturated rings. The number of carbonyl (C=O) groups is 1. The first kappa shape index (κ1) is 18.0. The van der Waals surface area contributed by atoms with E-state index in [2.05, 4.69) is 26.2 Å². The van der Waals surface area contributed by atoms with E-state index in [4.69, 9.17) is 4.74 Å². The van der Waals surface area contributed by atoms with Crippen LogP contribution in [0.3, 0.4) is 0 Å². The van der Waals surface area contributed by atoms with Crippen molar-refractivity contribution in [1.29, 1.82) is 0 Å². The van der Waals surface area contributed by atoms with E-state index in [1.54, 1.807) is 18.8 Å². The number of methoxy groups -OCH3 is 1. The highest BCUT2D eigenvalue weighted by Gasteiger charge is 2.07. The fourth-order valence-corrected chi connectivity index (χ4v) is 1.79. The Bertz CT molecular complexity index is 604. The Labute approximate surface area is 134 Å². The largest absolute Gasteiger partial charge is 0.383 e. The quantitative estimate of drug-likeness (QED) is 0.718. The van der Waals surface area contributed by atoms with Gasteiger partial charge in [-0.1, -0.05) is 12.1 Å². The van der Waals surface area contributed by atoms with Crippen LogP contribution in [0.15, 0.2) is 24.3 Å². The van der Waals surface area contributed by atoms with Gasteiger partial charge in [-0.3, -0.25) is 4.79 Å². The van der Waals surface area contributed by atoms with Crippen molar-refractivity contribution in [2.24, 2.45) is 7.05 Å². The van der Waals surface area contributed by atoms with E-state index in [0.717, 1.165) is 5.56 Å². The van der Waals surface area contributed by atoms with Crippen LogP contribution in [0.2, 0.25) is 0 Å². The van der Waals surface area contributed by atoms with E-state index in [-0.39, 0.29) is 24.9 Å². The lowest BCUT2D eigenvalue weighted by atomic mass is 10.2. The van der Waals surface area contributed by atoms with Gasteiger partial charge in [0.05, 0.1) is 13.2 Å². The van der Waals surface area contributed by atoms with Gasteiger partial charge in [0.2, 0.25) is 5.91 Å². The van der Waals surface area contributed by atoms with Gasteiger partial charge in [-0.05, 0) is 22.6 Å². The molecule has 0 aliphatic rings. The lowest BCUT2D eigenvalue weighted by Crippen LogP contribution is -2.30. The average Bonchev–Trinajstić information content (AvgIpc) is 2.90. The summed E-state index contributed by atoms with van der Waals surface area (Å²) in [6.07, 6.45) is 0. The summed E-state index contributed by atoms with van der Waals surface area (Å²) < 4.78 is 6.47. The summed E-state index contributed by atoms with van der Waals surface area (Å²) in [7, 11) is 3.38. The number of tetrazole rings is 1. The van der Waals surface area contributed by atoms with Gasteiger partial charge < -0.3 is 15.4 Å². The molecule has 0 unspecified atom stereocenters. The Morgan fingerprint density at radius 2 is 2.23 bits per heavy atom. The number of aromatic nitrogens is 4. The van der Waals surface area contributed by atoms with E-state index in [1.165, 1.54) is 0 Å². The van der Waals surface area contributed by atoms with Gasteiger partial charge in [0.25, 0.3) is 0 Å². The van der Waals surface area contributed by atoms with E-state index >= 15 is 0 Å². The molecule has 1 aromatic carbocycles. The van der Waals surface area contributed by atoms with Crippen LogP contribution in [0.4, 0.5) is 5.69 Å². The molecule has 8 nitrogen and oxygen atoms in total. The zero-order valence-corrected chi connectivity index (χ0v) is 13.3. The van der Waals surface area contributed by atoms with Gasteiger partial charge in [0.15, 0.2) is 5.82 Å². The second-order valence-corrected chi connectivity index (χ2v) is 4.42. The number of hydrogen-bond acceptors (Lipinski definition) is 6. The Hall–Kier alpha value is -2.03. The minimum atomic E-state index is -0.112. The second-order valence-electron chi connectivity index (χ2n) is 4.42. The van der Waals surface area contributed by atoms with Crippen LogP contribution in [0.5, 0.6) is 0 Å². The maximum atomic E-state index is 11.8. The predicted molar refractivity (Wildman–Crippen MR) is 84.9 cm³/mol. The number of halogens is 1. The number of nitrogens with zero attached hydrogens (tertiary/aromatic N) is 4. The highest BCUT2D eigenvalue weighted by atomic mass is 35.5. The van der Waals surface area contributed by atoms with Crippen LogP contribution in [0, 0.1) is 0 Å². The number of nitrogens with one attached hydrogen (secondary N) is 2. The van der Waals surface area contributed by atoms with Crippen molar-refractivity contribution < 1.29 is 9.53 Å². The number of aryl methyl sites for hydroxylation is 1. The normalized spacial score (nSPS) is 10.1. The fraction of sp³-hybridized carbons (Fsp3) is 0.385. The second kappa shape index (κ2) is 9.08. The molecule has 2 aromatic rings. The number of amides is 1. The maximum Gasteiger partial charge on any atom is 0.238 e. The van der Waals surface area contributed by atoms with Crippen molar-refractivity contribution in [3.8, 4) is 11.4 Å². The Balaban J connectivity index is 0.00000242. The van der Waals surface area contributed by atoms with Crippen molar-refractivity contribution in [1.82, 2.24) is 25.5 Å². The lowest BCUT2D eigenvalue weighted by molar-refractivity contribution is -0.115. The van der Waals surface area contributed by atoms with Crippen LogP contribution in [-0.2, 0) is 16.6 Å². The van der Waals surface area contributed by atoms with Gasteiger partial charge in [0.1, 0.15) is 0 Å². The molecule has 2 N–H and O–H groups in total. The maximum absolute atomic E-state index is 11.8. The minimum Gasteiger partial charge on any atom is -0.383 e. The molecule has 0 aliphatic carbocycles. The van der Waals surface area contributed by atoms with E-state index in [0.29, 0.717) is 24.7 Å². The van der Waals surface area contributed by atoms with Gasteiger partial charge in [-0.25, -0.2) is 4.68 Å². The Morgan fingerprint density at radius 1 is 1.41 bits per heavy atom. The highest BCUT2D eigenvalue weighted by molar-refractivity contribution is 5.92. The molecular formula is C13H19ClN6O2. The number of benzene rings is 1. The van der Waals surface area contributed by atoms with Crippen molar-refractivity contribution in [3.63, 3.8) is 0 Å². The standard InChI is InChI=1S/C13H18N6O2.ClH/c1-19-13(16-17-18-19)10-4-3-5-11(8-10)15-12(20)9-14-6-7-21-2;/h3-5,8,14H,6-7,9H2,1-2H3,(H,15,20);1H. The molecule has 1 aromatic heterocycles. The summed E-state index contributed by atoms with van der Waals surface area (Å²) in [5.74, 6) is 0.531. The topological polar surface area (TPSA) is 94.0 Å². The molecule has 22 heavy (non-hydrogen) atoms. The summed E-state index contributed by atoms with van der Waals surface area (Å²) in [5, 5.41) is 17.1. The van der Waals surface area contributed by atoms with Gasteiger partial charge in [-0.15, -0.1) is 17.5 Å². The average molecular weight is 327 g/mol. The molecule has 0 radical (unpaired) electrons. The van der Waals surface area contributed by atoms with E-state index < -0.39 is 0 Å². The molecule has 0 atom stereocenters. The van der Waals surface area contributed by atoms with Crippen LogP contribution in [-0.4, -0.2) is 52.9 Å². The zero-order chi connectivity index (χ0) is 15.1. The molecule has 120 valence electrons. The molecule has 0 aliphatic heterocycles. The van der Waals surface area contributed by atoms with Gasteiger partial charge in [-0.2, -0.15) is 0 Å². The molecule has 1 amide bonds. The summed E-state index contributed by atoms with van der Waals surface area (Å²) in [6, 6.07) is 7.38. The monoisotopic (exact) mass is 326 g/mol. The number of hydrogen-bond donors (Lipinski definition) is 2. The van der Waals surface area contributed by atoms with Crippen LogP contribution < -0.4 is 10.6 Å². The lowest BCUT2D eigenvalue weighted by Gasteiger charge is -2.07. The fourth-order valence-electron chi connectivity index (χ4n) is 1.79. The Kier molecular flexibility index (Phi) is 7.44. The third kappa shape index (κ3) is 5.06. The molecule has 2 rings (SSSR count). The van der Waals surface area contributed by atoms with Crippen molar-refractivity contribution in [2.45, 2.75) is 0 Å². The van der Waals surface area contributed by atoms with Crippen LogP contribution >= 0.6 is 12.4 Å².